The zero-order valence-electron chi connectivity index (χ0n) is 26.2. The number of hydrogen-bond acceptors (Lipinski definition) is 4. The lowest BCUT2D eigenvalue weighted by Gasteiger charge is -2.11. The van der Waals surface area contributed by atoms with Crippen molar-refractivity contribution in [3.63, 3.8) is 0 Å². The molecule has 0 amide bonds. The molecule has 42 heavy (non-hydrogen) atoms. The molecule has 1 heterocycles. The van der Waals surface area contributed by atoms with E-state index in [0.29, 0.717) is 18.0 Å². The molecule has 230 valence electrons. The van der Waals surface area contributed by atoms with Crippen LogP contribution in [0.3, 0.4) is 0 Å². The van der Waals surface area contributed by atoms with Crippen LogP contribution in [0.2, 0.25) is 0 Å². The van der Waals surface area contributed by atoms with E-state index < -0.39 is 6.17 Å². The number of unbranched alkanes of at least 4 members (excludes halogenated alkanes) is 13. The van der Waals surface area contributed by atoms with Crippen molar-refractivity contribution in [2.45, 2.75) is 123 Å². The number of rotatable bonds is 23. The van der Waals surface area contributed by atoms with Gasteiger partial charge in [0.05, 0.1) is 6.61 Å². The van der Waals surface area contributed by atoms with E-state index in [4.69, 9.17) is 9.47 Å². The third-order valence-electron chi connectivity index (χ3n) is 7.77. The quantitative estimate of drug-likeness (QED) is 0.105. The molecule has 4 nitrogen and oxygen atoms in total. The topological polar surface area (TPSA) is 44.2 Å². The van der Waals surface area contributed by atoms with E-state index in [1.165, 1.54) is 77.0 Å². The summed E-state index contributed by atoms with van der Waals surface area (Å²) in [6, 6.07) is 15.7. The van der Waals surface area contributed by atoms with Crippen molar-refractivity contribution in [3.05, 3.63) is 60.9 Å². The third kappa shape index (κ3) is 13.4. The van der Waals surface area contributed by atoms with Gasteiger partial charge < -0.3 is 9.47 Å². The molecule has 0 N–H and O–H groups in total. The van der Waals surface area contributed by atoms with Gasteiger partial charge in [0.15, 0.2) is 5.82 Å². The zero-order valence-corrected chi connectivity index (χ0v) is 26.2. The van der Waals surface area contributed by atoms with Gasteiger partial charge in [-0.05, 0) is 54.8 Å². The van der Waals surface area contributed by atoms with E-state index in [1.807, 2.05) is 60.9 Å². The number of aromatic nitrogens is 2. The van der Waals surface area contributed by atoms with Gasteiger partial charge in [-0.15, -0.1) is 0 Å². The maximum atomic E-state index is 14.3. The predicted octanol–water partition coefficient (Wildman–Crippen LogP) is 11.2. The minimum Gasteiger partial charge on any atom is -0.494 e. The SMILES string of the molecule is CCCCCCCCCCOc1ccc(-c2ncc(-c3ccc(OCC(F)CCCCCCCCC)cc3)cn2)cc1. The molecule has 0 bridgehead atoms. The summed E-state index contributed by atoms with van der Waals surface area (Å²) in [4.78, 5) is 9.17. The Morgan fingerprint density at radius 2 is 1.02 bits per heavy atom. The van der Waals surface area contributed by atoms with Crippen LogP contribution >= 0.6 is 0 Å². The fourth-order valence-corrected chi connectivity index (χ4v) is 5.09. The number of ether oxygens (including phenoxy) is 2. The molecule has 1 unspecified atom stereocenters. The Morgan fingerprint density at radius 3 is 1.60 bits per heavy atom. The first-order valence-electron chi connectivity index (χ1n) is 16.6. The van der Waals surface area contributed by atoms with Crippen molar-refractivity contribution < 1.29 is 13.9 Å². The maximum Gasteiger partial charge on any atom is 0.159 e. The highest BCUT2D eigenvalue weighted by atomic mass is 19.1. The average Bonchev–Trinajstić information content (AvgIpc) is 3.03. The van der Waals surface area contributed by atoms with Gasteiger partial charge in [0.25, 0.3) is 0 Å². The number of halogens is 1. The largest absolute Gasteiger partial charge is 0.494 e. The average molecular weight is 577 g/mol. The molecule has 0 spiro atoms. The first kappa shape index (κ1) is 33.6. The van der Waals surface area contributed by atoms with Crippen LogP contribution in [0.1, 0.15) is 117 Å². The van der Waals surface area contributed by atoms with Crippen molar-refractivity contribution in [3.8, 4) is 34.0 Å². The third-order valence-corrected chi connectivity index (χ3v) is 7.77. The van der Waals surface area contributed by atoms with Gasteiger partial charge in [-0.1, -0.05) is 116 Å². The lowest BCUT2D eigenvalue weighted by atomic mass is 10.1. The molecule has 0 radical (unpaired) electrons. The number of benzene rings is 2. The lowest BCUT2D eigenvalue weighted by molar-refractivity contribution is 0.184. The molecular formula is C37H53FN2O2. The summed E-state index contributed by atoms with van der Waals surface area (Å²) in [6.45, 7) is 5.35. The normalized spacial score (nSPS) is 11.9. The van der Waals surface area contributed by atoms with Gasteiger partial charge in [0.2, 0.25) is 0 Å². The number of nitrogens with zero attached hydrogens (tertiary/aromatic N) is 2. The van der Waals surface area contributed by atoms with Crippen LogP contribution in [-0.4, -0.2) is 29.4 Å². The Morgan fingerprint density at radius 1 is 0.548 bits per heavy atom. The fourth-order valence-electron chi connectivity index (χ4n) is 5.09. The highest BCUT2D eigenvalue weighted by Crippen LogP contribution is 2.25. The molecular weight excluding hydrogens is 523 g/mol. The Bertz CT molecular complexity index is 1070. The zero-order chi connectivity index (χ0) is 29.7. The van der Waals surface area contributed by atoms with Crippen molar-refractivity contribution in [2.24, 2.45) is 0 Å². The summed E-state index contributed by atoms with van der Waals surface area (Å²) < 4.78 is 25.9. The summed E-state index contributed by atoms with van der Waals surface area (Å²) in [5.41, 5.74) is 2.89. The van der Waals surface area contributed by atoms with E-state index in [-0.39, 0.29) is 6.61 Å². The van der Waals surface area contributed by atoms with Gasteiger partial charge in [-0.25, -0.2) is 14.4 Å². The van der Waals surface area contributed by atoms with E-state index >= 15 is 0 Å². The fraction of sp³-hybridized carbons (Fsp3) is 0.568. The molecule has 0 aliphatic rings. The van der Waals surface area contributed by atoms with Crippen LogP contribution in [0, 0.1) is 0 Å². The van der Waals surface area contributed by atoms with Crippen molar-refractivity contribution in [1.82, 2.24) is 9.97 Å². The molecule has 0 aliphatic carbocycles. The Hall–Kier alpha value is -2.95. The smallest absolute Gasteiger partial charge is 0.159 e. The predicted molar refractivity (Wildman–Crippen MR) is 174 cm³/mol. The van der Waals surface area contributed by atoms with Crippen LogP contribution in [0.25, 0.3) is 22.5 Å². The first-order chi connectivity index (χ1) is 20.7. The number of alkyl halides is 1. The van der Waals surface area contributed by atoms with Crippen LogP contribution in [0.15, 0.2) is 60.9 Å². The van der Waals surface area contributed by atoms with E-state index in [0.717, 1.165) is 48.3 Å². The van der Waals surface area contributed by atoms with E-state index in [2.05, 4.69) is 23.8 Å². The van der Waals surface area contributed by atoms with Gasteiger partial charge in [0.1, 0.15) is 24.3 Å². The Labute approximate surface area is 254 Å². The van der Waals surface area contributed by atoms with Crippen LogP contribution in [0.5, 0.6) is 11.5 Å². The summed E-state index contributed by atoms with van der Waals surface area (Å²) in [7, 11) is 0. The van der Waals surface area contributed by atoms with Crippen LogP contribution < -0.4 is 9.47 Å². The Kier molecular flexibility index (Phi) is 16.7. The second-order valence-electron chi connectivity index (χ2n) is 11.5. The summed E-state index contributed by atoms with van der Waals surface area (Å²) in [5, 5.41) is 0. The highest BCUT2D eigenvalue weighted by Gasteiger charge is 2.09. The molecule has 1 atom stereocenters. The lowest BCUT2D eigenvalue weighted by Crippen LogP contribution is -2.12. The second-order valence-corrected chi connectivity index (χ2v) is 11.5. The molecule has 0 saturated carbocycles. The molecule has 0 aliphatic heterocycles. The highest BCUT2D eigenvalue weighted by molar-refractivity contribution is 5.64. The van der Waals surface area contributed by atoms with E-state index in [1.54, 1.807) is 0 Å². The van der Waals surface area contributed by atoms with Gasteiger partial charge in [-0.3, -0.25) is 0 Å². The van der Waals surface area contributed by atoms with Gasteiger partial charge in [0, 0.05) is 23.5 Å². The molecule has 0 fully saturated rings. The first-order valence-corrected chi connectivity index (χ1v) is 16.6. The molecule has 1 aromatic heterocycles. The van der Waals surface area contributed by atoms with Gasteiger partial charge in [-0.2, -0.15) is 0 Å². The van der Waals surface area contributed by atoms with Crippen molar-refractivity contribution in [1.29, 1.82) is 0 Å². The molecule has 5 heteroatoms. The van der Waals surface area contributed by atoms with Crippen molar-refractivity contribution in [2.75, 3.05) is 13.2 Å². The molecule has 3 rings (SSSR count). The van der Waals surface area contributed by atoms with E-state index in [9.17, 15) is 4.39 Å². The minimum atomic E-state index is -0.920. The molecule has 3 aromatic rings. The maximum absolute atomic E-state index is 14.3. The summed E-state index contributed by atoms with van der Waals surface area (Å²) >= 11 is 0. The van der Waals surface area contributed by atoms with Crippen LogP contribution in [0.4, 0.5) is 4.39 Å². The minimum absolute atomic E-state index is 0.107. The molecule has 0 saturated heterocycles. The number of hydrogen-bond donors (Lipinski definition) is 0. The van der Waals surface area contributed by atoms with Crippen LogP contribution in [-0.2, 0) is 0 Å². The van der Waals surface area contributed by atoms with Crippen molar-refractivity contribution >= 4 is 0 Å². The van der Waals surface area contributed by atoms with Gasteiger partial charge >= 0.3 is 0 Å². The second kappa shape index (κ2) is 20.9. The standard InChI is InChI=1S/C37H53FN2O2/c1-3-5-7-9-11-13-15-17-27-41-35-25-21-32(22-26-35)37-39-28-33(29-40-37)31-19-23-36(24-20-31)42-30-34(38)18-16-14-12-10-8-6-4-2/h19-26,28-29,34H,3-18,27,30H2,1-2H3. The monoisotopic (exact) mass is 576 g/mol. The molecule has 2 aromatic carbocycles. The Balaban J connectivity index is 1.35. The summed E-state index contributed by atoms with van der Waals surface area (Å²) in [6.07, 6.45) is 22.1. The summed E-state index contributed by atoms with van der Waals surface area (Å²) in [5.74, 6) is 2.25.